The van der Waals surface area contributed by atoms with Gasteiger partial charge in [-0.2, -0.15) is 0 Å². The molecule has 0 aliphatic rings. The number of nitrogens with zero attached hydrogens (tertiary/aromatic N) is 1. The van der Waals surface area contributed by atoms with Crippen molar-refractivity contribution in [1.82, 2.24) is 10.2 Å². The minimum atomic E-state index is 0.420. The predicted octanol–water partition coefficient (Wildman–Crippen LogP) is 1.57. The molecule has 74 valence electrons. The topological polar surface area (TPSA) is 15.3 Å². The third kappa shape index (κ3) is 6.62. The van der Waals surface area contributed by atoms with E-state index in [1.165, 1.54) is 6.54 Å². The van der Waals surface area contributed by atoms with Crippen molar-refractivity contribution in [3.05, 3.63) is 0 Å². The average molecular weight is 172 g/mol. The molecule has 0 aromatic rings. The van der Waals surface area contributed by atoms with Crippen molar-refractivity contribution < 1.29 is 0 Å². The molecule has 0 aromatic carbocycles. The Morgan fingerprint density at radius 1 is 1.25 bits per heavy atom. The standard InChI is InChI=1S/C10H24N2/c1-6-12(8-7-11-5)9-10(2,3)4/h11H,6-9H2,1-5H3. The van der Waals surface area contributed by atoms with Gasteiger partial charge in [0.2, 0.25) is 0 Å². The molecule has 0 amide bonds. The minimum absolute atomic E-state index is 0.420. The number of likely N-dealkylation sites (N-methyl/N-ethyl adjacent to an activating group) is 2. The first-order chi connectivity index (χ1) is 5.49. The maximum Gasteiger partial charge on any atom is 0.0107 e. The summed E-state index contributed by atoms with van der Waals surface area (Å²) in [7, 11) is 2.00. The lowest BCUT2D eigenvalue weighted by Gasteiger charge is -2.28. The van der Waals surface area contributed by atoms with E-state index in [0.29, 0.717) is 5.41 Å². The molecule has 0 saturated heterocycles. The second-order valence-corrected chi connectivity index (χ2v) is 4.53. The van der Waals surface area contributed by atoms with Crippen LogP contribution < -0.4 is 5.32 Å². The van der Waals surface area contributed by atoms with Crippen LogP contribution in [0.4, 0.5) is 0 Å². The first kappa shape index (κ1) is 11.9. The summed E-state index contributed by atoms with van der Waals surface area (Å²) in [4.78, 5) is 2.48. The first-order valence-electron chi connectivity index (χ1n) is 4.86. The zero-order valence-electron chi connectivity index (χ0n) is 9.28. The van der Waals surface area contributed by atoms with E-state index in [4.69, 9.17) is 0 Å². The third-order valence-corrected chi connectivity index (χ3v) is 1.82. The molecule has 0 aromatic heterocycles. The van der Waals surface area contributed by atoms with Gasteiger partial charge in [-0.05, 0) is 19.0 Å². The van der Waals surface area contributed by atoms with E-state index in [0.717, 1.165) is 19.6 Å². The SMILES string of the molecule is CCN(CCNC)CC(C)(C)C. The van der Waals surface area contributed by atoms with E-state index in [2.05, 4.69) is 37.9 Å². The lowest BCUT2D eigenvalue weighted by molar-refractivity contribution is 0.201. The monoisotopic (exact) mass is 172 g/mol. The van der Waals surface area contributed by atoms with Crippen molar-refractivity contribution in [3.8, 4) is 0 Å². The first-order valence-corrected chi connectivity index (χ1v) is 4.86. The van der Waals surface area contributed by atoms with E-state index in [9.17, 15) is 0 Å². The highest BCUT2D eigenvalue weighted by molar-refractivity contribution is 4.68. The Hall–Kier alpha value is -0.0800. The smallest absolute Gasteiger partial charge is 0.0107 e. The van der Waals surface area contributed by atoms with Gasteiger partial charge in [0.1, 0.15) is 0 Å². The van der Waals surface area contributed by atoms with Crippen LogP contribution in [0.2, 0.25) is 0 Å². The molecule has 0 saturated carbocycles. The molecule has 0 radical (unpaired) electrons. The molecule has 0 unspecified atom stereocenters. The number of rotatable bonds is 5. The summed E-state index contributed by atoms with van der Waals surface area (Å²) in [5.41, 5.74) is 0.420. The Kier molecular flexibility index (Phi) is 5.51. The third-order valence-electron chi connectivity index (χ3n) is 1.82. The Morgan fingerprint density at radius 2 is 1.83 bits per heavy atom. The van der Waals surface area contributed by atoms with Crippen LogP contribution in [-0.4, -0.2) is 38.1 Å². The fourth-order valence-corrected chi connectivity index (χ4v) is 1.29. The van der Waals surface area contributed by atoms with Crippen molar-refractivity contribution in [1.29, 1.82) is 0 Å². The second kappa shape index (κ2) is 5.55. The van der Waals surface area contributed by atoms with Crippen LogP contribution in [0.15, 0.2) is 0 Å². The van der Waals surface area contributed by atoms with Gasteiger partial charge < -0.3 is 10.2 Å². The zero-order chi connectivity index (χ0) is 9.61. The molecule has 0 aliphatic heterocycles. The quantitative estimate of drug-likeness (QED) is 0.677. The van der Waals surface area contributed by atoms with Gasteiger partial charge in [0, 0.05) is 19.6 Å². The molecule has 0 spiro atoms. The fraction of sp³-hybridized carbons (Fsp3) is 1.00. The van der Waals surface area contributed by atoms with Gasteiger partial charge in [0.05, 0.1) is 0 Å². The molecular weight excluding hydrogens is 148 g/mol. The van der Waals surface area contributed by atoms with Crippen LogP contribution in [0.5, 0.6) is 0 Å². The summed E-state index contributed by atoms with van der Waals surface area (Å²) >= 11 is 0. The molecule has 0 rings (SSSR count). The summed E-state index contributed by atoms with van der Waals surface area (Å²) in [5.74, 6) is 0. The van der Waals surface area contributed by atoms with E-state index in [1.807, 2.05) is 7.05 Å². The zero-order valence-corrected chi connectivity index (χ0v) is 9.28. The van der Waals surface area contributed by atoms with Crippen LogP contribution in [0.3, 0.4) is 0 Å². The Bertz CT molecular complexity index is 105. The minimum Gasteiger partial charge on any atom is -0.318 e. The predicted molar refractivity (Wildman–Crippen MR) is 55.5 cm³/mol. The van der Waals surface area contributed by atoms with Crippen molar-refractivity contribution in [2.75, 3.05) is 33.2 Å². The number of hydrogen-bond donors (Lipinski definition) is 1. The fourth-order valence-electron chi connectivity index (χ4n) is 1.29. The molecule has 0 aliphatic carbocycles. The van der Waals surface area contributed by atoms with Crippen molar-refractivity contribution in [2.24, 2.45) is 5.41 Å². The maximum atomic E-state index is 3.18. The highest BCUT2D eigenvalue weighted by Crippen LogP contribution is 2.14. The molecule has 1 N–H and O–H groups in total. The van der Waals surface area contributed by atoms with Gasteiger partial charge in [-0.3, -0.25) is 0 Å². The Balaban J connectivity index is 3.67. The summed E-state index contributed by atoms with van der Waals surface area (Å²) in [6.45, 7) is 13.7. The van der Waals surface area contributed by atoms with Gasteiger partial charge in [-0.15, -0.1) is 0 Å². The maximum absolute atomic E-state index is 3.18. The summed E-state index contributed by atoms with van der Waals surface area (Å²) < 4.78 is 0. The number of nitrogens with one attached hydrogen (secondary N) is 1. The summed E-state index contributed by atoms with van der Waals surface area (Å²) in [6.07, 6.45) is 0. The van der Waals surface area contributed by atoms with Crippen molar-refractivity contribution in [3.63, 3.8) is 0 Å². The molecule has 2 nitrogen and oxygen atoms in total. The van der Waals surface area contributed by atoms with Gasteiger partial charge >= 0.3 is 0 Å². The lowest BCUT2D eigenvalue weighted by Crippen LogP contribution is -2.36. The van der Waals surface area contributed by atoms with E-state index >= 15 is 0 Å². The van der Waals surface area contributed by atoms with Crippen LogP contribution in [0.25, 0.3) is 0 Å². The van der Waals surface area contributed by atoms with E-state index in [1.54, 1.807) is 0 Å². The van der Waals surface area contributed by atoms with Crippen molar-refractivity contribution >= 4 is 0 Å². The van der Waals surface area contributed by atoms with Crippen LogP contribution in [-0.2, 0) is 0 Å². The Labute approximate surface area is 77.3 Å². The van der Waals surface area contributed by atoms with Crippen molar-refractivity contribution in [2.45, 2.75) is 27.7 Å². The van der Waals surface area contributed by atoms with E-state index < -0.39 is 0 Å². The van der Waals surface area contributed by atoms with Gasteiger partial charge in [-0.25, -0.2) is 0 Å². The second-order valence-electron chi connectivity index (χ2n) is 4.53. The highest BCUT2D eigenvalue weighted by atomic mass is 15.1. The largest absolute Gasteiger partial charge is 0.318 e. The molecule has 0 heterocycles. The molecule has 0 fully saturated rings. The Morgan fingerprint density at radius 3 is 2.17 bits per heavy atom. The van der Waals surface area contributed by atoms with Gasteiger partial charge in [0.25, 0.3) is 0 Å². The molecule has 0 bridgehead atoms. The molecule has 12 heavy (non-hydrogen) atoms. The highest BCUT2D eigenvalue weighted by Gasteiger charge is 2.14. The molecule has 2 heteroatoms. The lowest BCUT2D eigenvalue weighted by atomic mass is 9.96. The van der Waals surface area contributed by atoms with E-state index in [-0.39, 0.29) is 0 Å². The normalized spacial score (nSPS) is 12.5. The summed E-state index contributed by atoms with van der Waals surface area (Å²) in [6, 6.07) is 0. The van der Waals surface area contributed by atoms with Gasteiger partial charge in [0.15, 0.2) is 0 Å². The summed E-state index contributed by atoms with van der Waals surface area (Å²) in [5, 5.41) is 3.18. The molecular formula is C10H24N2. The molecule has 0 atom stereocenters. The number of hydrogen-bond acceptors (Lipinski definition) is 2. The van der Waals surface area contributed by atoms with Crippen LogP contribution in [0.1, 0.15) is 27.7 Å². The average Bonchev–Trinajstić information content (AvgIpc) is 1.95. The van der Waals surface area contributed by atoms with Crippen LogP contribution >= 0.6 is 0 Å². The van der Waals surface area contributed by atoms with Gasteiger partial charge in [-0.1, -0.05) is 27.7 Å². The van der Waals surface area contributed by atoms with Crippen LogP contribution in [0, 0.1) is 5.41 Å².